The molecule has 0 bridgehead atoms. The molecule has 0 radical (unpaired) electrons. The van der Waals surface area contributed by atoms with Gasteiger partial charge in [-0.25, -0.2) is 0 Å². The van der Waals surface area contributed by atoms with Crippen molar-refractivity contribution in [1.29, 1.82) is 0 Å². The highest BCUT2D eigenvalue weighted by atomic mass is 16.3. The summed E-state index contributed by atoms with van der Waals surface area (Å²) in [6, 6.07) is 3.44. The van der Waals surface area contributed by atoms with E-state index in [1.807, 2.05) is 13.8 Å². The number of rotatable bonds is 3. The van der Waals surface area contributed by atoms with Crippen molar-refractivity contribution >= 4 is 0 Å². The van der Waals surface area contributed by atoms with Crippen molar-refractivity contribution in [3.8, 4) is 5.75 Å². The minimum absolute atomic E-state index is 0.0272. The lowest BCUT2D eigenvalue weighted by molar-refractivity contribution is 0.473. The SMILES string of the molecule is Cc1cc(O)cc(C)c1[C@H](N)CCN. The molecular weight excluding hydrogens is 176 g/mol. The van der Waals surface area contributed by atoms with Gasteiger partial charge in [0, 0.05) is 6.04 Å². The Kier molecular flexibility index (Phi) is 3.49. The Hall–Kier alpha value is -1.06. The van der Waals surface area contributed by atoms with Gasteiger partial charge in [0.25, 0.3) is 0 Å². The second-order valence-corrected chi connectivity index (χ2v) is 3.68. The largest absolute Gasteiger partial charge is 0.508 e. The van der Waals surface area contributed by atoms with Gasteiger partial charge in [0.2, 0.25) is 0 Å². The molecule has 0 aromatic heterocycles. The second kappa shape index (κ2) is 4.44. The van der Waals surface area contributed by atoms with Gasteiger partial charge < -0.3 is 16.6 Å². The van der Waals surface area contributed by atoms with Crippen LogP contribution in [-0.2, 0) is 0 Å². The maximum Gasteiger partial charge on any atom is 0.116 e. The molecule has 0 unspecified atom stereocenters. The van der Waals surface area contributed by atoms with E-state index in [0.717, 1.165) is 23.1 Å². The lowest BCUT2D eigenvalue weighted by Gasteiger charge is -2.17. The smallest absolute Gasteiger partial charge is 0.116 e. The zero-order chi connectivity index (χ0) is 10.7. The molecule has 0 saturated carbocycles. The van der Waals surface area contributed by atoms with Crippen LogP contribution in [0.2, 0.25) is 0 Å². The third-order valence-electron chi connectivity index (χ3n) is 2.43. The Balaban J connectivity index is 3.07. The first kappa shape index (κ1) is 11.0. The summed E-state index contributed by atoms with van der Waals surface area (Å²) in [4.78, 5) is 0. The Morgan fingerprint density at radius 3 is 2.21 bits per heavy atom. The molecule has 5 N–H and O–H groups in total. The second-order valence-electron chi connectivity index (χ2n) is 3.68. The van der Waals surface area contributed by atoms with E-state index in [1.54, 1.807) is 12.1 Å². The van der Waals surface area contributed by atoms with Gasteiger partial charge in [0.15, 0.2) is 0 Å². The molecule has 0 spiro atoms. The Morgan fingerprint density at radius 1 is 1.29 bits per heavy atom. The van der Waals surface area contributed by atoms with Gasteiger partial charge >= 0.3 is 0 Å². The molecule has 14 heavy (non-hydrogen) atoms. The van der Waals surface area contributed by atoms with Crippen LogP contribution in [-0.4, -0.2) is 11.7 Å². The maximum absolute atomic E-state index is 9.36. The van der Waals surface area contributed by atoms with Gasteiger partial charge in [-0.05, 0) is 55.6 Å². The summed E-state index contributed by atoms with van der Waals surface area (Å²) < 4.78 is 0. The molecule has 1 aromatic carbocycles. The first-order valence-electron chi connectivity index (χ1n) is 4.82. The van der Waals surface area contributed by atoms with Crippen LogP contribution in [0.4, 0.5) is 0 Å². The van der Waals surface area contributed by atoms with Crippen LogP contribution in [0.5, 0.6) is 5.75 Å². The molecule has 0 aliphatic rings. The summed E-state index contributed by atoms with van der Waals surface area (Å²) >= 11 is 0. The van der Waals surface area contributed by atoms with Crippen LogP contribution in [0.3, 0.4) is 0 Å². The highest BCUT2D eigenvalue weighted by Crippen LogP contribution is 2.26. The Morgan fingerprint density at radius 2 is 1.79 bits per heavy atom. The fourth-order valence-corrected chi connectivity index (χ4v) is 1.86. The van der Waals surface area contributed by atoms with Gasteiger partial charge in [-0.15, -0.1) is 0 Å². The molecule has 3 heteroatoms. The normalized spacial score (nSPS) is 12.9. The van der Waals surface area contributed by atoms with Crippen LogP contribution in [0.15, 0.2) is 12.1 Å². The van der Waals surface area contributed by atoms with Crippen LogP contribution < -0.4 is 11.5 Å². The molecular formula is C11H18N2O. The third-order valence-corrected chi connectivity index (χ3v) is 2.43. The fourth-order valence-electron chi connectivity index (χ4n) is 1.86. The van der Waals surface area contributed by atoms with E-state index in [4.69, 9.17) is 11.5 Å². The first-order valence-corrected chi connectivity index (χ1v) is 4.82. The van der Waals surface area contributed by atoms with E-state index in [2.05, 4.69) is 0 Å². The minimum atomic E-state index is -0.0272. The van der Waals surface area contributed by atoms with Gasteiger partial charge in [-0.2, -0.15) is 0 Å². The number of benzene rings is 1. The van der Waals surface area contributed by atoms with Crippen LogP contribution >= 0.6 is 0 Å². The van der Waals surface area contributed by atoms with E-state index in [0.29, 0.717) is 12.3 Å². The highest BCUT2D eigenvalue weighted by molar-refractivity contribution is 5.42. The van der Waals surface area contributed by atoms with Gasteiger partial charge in [0.1, 0.15) is 5.75 Å². The number of phenols is 1. The molecule has 0 aliphatic carbocycles. The average molecular weight is 194 g/mol. The third kappa shape index (κ3) is 2.25. The molecule has 0 heterocycles. The summed E-state index contributed by atoms with van der Waals surface area (Å²) in [5.41, 5.74) is 14.6. The predicted octanol–water partition coefficient (Wildman–Crippen LogP) is 1.36. The lowest BCUT2D eigenvalue weighted by atomic mass is 9.94. The monoisotopic (exact) mass is 194 g/mol. The van der Waals surface area contributed by atoms with Crippen molar-refractivity contribution in [3.05, 3.63) is 28.8 Å². The standard InChI is InChI=1S/C11H18N2O/c1-7-5-9(14)6-8(2)11(7)10(13)3-4-12/h5-6,10,14H,3-4,12-13H2,1-2H3/t10-/m1/s1. The Bertz CT molecular complexity index is 300. The van der Waals surface area contributed by atoms with Crippen molar-refractivity contribution in [3.63, 3.8) is 0 Å². The topological polar surface area (TPSA) is 72.3 Å². The van der Waals surface area contributed by atoms with Crippen molar-refractivity contribution in [2.24, 2.45) is 11.5 Å². The van der Waals surface area contributed by atoms with Crippen LogP contribution in [0.1, 0.15) is 29.2 Å². The number of hydrogen-bond acceptors (Lipinski definition) is 3. The number of aryl methyl sites for hydroxylation is 2. The molecule has 0 aliphatic heterocycles. The van der Waals surface area contributed by atoms with E-state index in [9.17, 15) is 5.11 Å². The number of aromatic hydroxyl groups is 1. The fraction of sp³-hybridized carbons (Fsp3) is 0.455. The molecule has 1 aromatic rings. The van der Waals surface area contributed by atoms with Gasteiger partial charge in [0.05, 0.1) is 0 Å². The van der Waals surface area contributed by atoms with Crippen molar-refractivity contribution in [2.45, 2.75) is 26.3 Å². The summed E-state index contributed by atoms with van der Waals surface area (Å²) in [7, 11) is 0. The van der Waals surface area contributed by atoms with E-state index in [1.165, 1.54) is 0 Å². The predicted molar refractivity (Wildman–Crippen MR) is 58.2 cm³/mol. The van der Waals surface area contributed by atoms with Crippen molar-refractivity contribution < 1.29 is 5.11 Å². The van der Waals surface area contributed by atoms with Crippen molar-refractivity contribution in [1.82, 2.24) is 0 Å². The number of nitrogens with two attached hydrogens (primary N) is 2. The molecule has 3 nitrogen and oxygen atoms in total. The quantitative estimate of drug-likeness (QED) is 0.680. The molecule has 1 atom stereocenters. The van der Waals surface area contributed by atoms with Crippen molar-refractivity contribution in [2.75, 3.05) is 6.54 Å². The Labute approximate surface area is 84.7 Å². The highest BCUT2D eigenvalue weighted by Gasteiger charge is 2.11. The lowest BCUT2D eigenvalue weighted by Crippen LogP contribution is -2.17. The summed E-state index contributed by atoms with van der Waals surface area (Å²) in [5.74, 6) is 0.295. The van der Waals surface area contributed by atoms with Crippen LogP contribution in [0.25, 0.3) is 0 Å². The molecule has 1 rings (SSSR count). The first-order chi connectivity index (χ1) is 6.56. The number of hydrogen-bond donors (Lipinski definition) is 3. The van der Waals surface area contributed by atoms with E-state index >= 15 is 0 Å². The van der Waals surface area contributed by atoms with Gasteiger partial charge in [-0.1, -0.05) is 0 Å². The van der Waals surface area contributed by atoms with Crippen LogP contribution in [0, 0.1) is 13.8 Å². The minimum Gasteiger partial charge on any atom is -0.508 e. The zero-order valence-electron chi connectivity index (χ0n) is 8.75. The maximum atomic E-state index is 9.36. The molecule has 0 saturated heterocycles. The van der Waals surface area contributed by atoms with Gasteiger partial charge in [-0.3, -0.25) is 0 Å². The zero-order valence-corrected chi connectivity index (χ0v) is 8.75. The summed E-state index contributed by atoms with van der Waals surface area (Å²) in [6.45, 7) is 4.50. The average Bonchev–Trinajstić information content (AvgIpc) is 2.01. The number of phenolic OH excluding ortho intramolecular Hbond substituents is 1. The molecule has 78 valence electrons. The molecule has 0 fully saturated rings. The van der Waals surface area contributed by atoms with E-state index < -0.39 is 0 Å². The van der Waals surface area contributed by atoms with E-state index in [-0.39, 0.29) is 6.04 Å². The summed E-state index contributed by atoms with van der Waals surface area (Å²) in [5, 5.41) is 9.36. The summed E-state index contributed by atoms with van der Waals surface area (Å²) in [6.07, 6.45) is 0.770. The molecule has 0 amide bonds.